The summed E-state index contributed by atoms with van der Waals surface area (Å²) < 4.78 is 7.48. The number of hydrogen-bond donors (Lipinski definition) is 1. The Morgan fingerprint density at radius 1 is 1.09 bits per heavy atom. The molecule has 1 saturated carbocycles. The molecule has 35 heavy (non-hydrogen) atoms. The Morgan fingerprint density at radius 2 is 1.83 bits per heavy atom. The Bertz CT molecular complexity index is 1390. The summed E-state index contributed by atoms with van der Waals surface area (Å²) in [5.74, 6) is 0. The van der Waals surface area contributed by atoms with Crippen LogP contribution in [-0.2, 0) is 10.3 Å². The second-order valence-electron chi connectivity index (χ2n) is 9.71. The number of ether oxygens (including phenoxy) is 1. The van der Waals surface area contributed by atoms with Crippen molar-refractivity contribution in [2.45, 2.75) is 51.2 Å². The maximum Gasteiger partial charge on any atom is 0.408 e. The Morgan fingerprint density at radius 3 is 2.43 bits per heavy atom. The highest BCUT2D eigenvalue weighted by Gasteiger charge is 2.41. The fourth-order valence-electron chi connectivity index (χ4n) is 4.42. The highest BCUT2D eigenvalue weighted by Crippen LogP contribution is 2.42. The lowest BCUT2D eigenvalue weighted by Crippen LogP contribution is -2.52. The lowest BCUT2D eigenvalue weighted by Gasteiger charge is -2.43. The number of fused-ring (bicyclic) bond motifs is 1. The van der Waals surface area contributed by atoms with E-state index in [0.717, 1.165) is 41.9 Å². The summed E-state index contributed by atoms with van der Waals surface area (Å²) in [6.07, 6.45) is 4.09. The van der Waals surface area contributed by atoms with E-state index in [9.17, 15) is 4.79 Å². The average Bonchev–Trinajstić information content (AvgIpc) is 3.15. The molecule has 1 amide bonds. The van der Waals surface area contributed by atoms with Crippen LogP contribution in [0.15, 0.2) is 54.7 Å². The summed E-state index contributed by atoms with van der Waals surface area (Å²) in [5, 5.41) is 4.14. The minimum atomic E-state index is -0.555. The van der Waals surface area contributed by atoms with Crippen molar-refractivity contribution in [3.63, 3.8) is 0 Å². The number of amides is 1. The largest absolute Gasteiger partial charge is 0.444 e. The quantitative estimate of drug-likeness (QED) is 0.244. The first kappa shape index (κ1) is 23.6. The SMILES string of the molecule is CC(C)(C)OC(=O)NC1(c2ccc(-n3c(-c4ccccn4)cc4c(Cl)nc(Cl)nc43)cc2)CCC1. The van der Waals surface area contributed by atoms with Crippen LogP contribution in [0, 0.1) is 0 Å². The van der Waals surface area contributed by atoms with Crippen LogP contribution in [0.1, 0.15) is 45.6 Å². The number of hydrogen-bond acceptors (Lipinski definition) is 5. The number of nitrogens with one attached hydrogen (secondary N) is 1. The first-order valence-electron chi connectivity index (χ1n) is 11.4. The summed E-state index contributed by atoms with van der Waals surface area (Å²) in [5.41, 5.74) is 3.08. The van der Waals surface area contributed by atoms with Gasteiger partial charge in [-0.1, -0.05) is 29.8 Å². The highest BCUT2D eigenvalue weighted by molar-refractivity contribution is 6.35. The number of halogens is 2. The summed E-state index contributed by atoms with van der Waals surface area (Å²) in [7, 11) is 0. The van der Waals surface area contributed by atoms with Crippen molar-refractivity contribution in [1.82, 2.24) is 24.8 Å². The number of aromatic nitrogens is 4. The molecule has 5 rings (SSSR count). The van der Waals surface area contributed by atoms with E-state index in [1.807, 2.05) is 73.9 Å². The van der Waals surface area contributed by atoms with E-state index in [-0.39, 0.29) is 10.4 Å². The molecule has 3 heterocycles. The van der Waals surface area contributed by atoms with Crippen LogP contribution in [0.3, 0.4) is 0 Å². The summed E-state index contributed by atoms with van der Waals surface area (Å²) in [6.45, 7) is 5.58. The van der Waals surface area contributed by atoms with Crippen molar-refractivity contribution < 1.29 is 9.53 Å². The average molecular weight is 510 g/mol. The smallest absolute Gasteiger partial charge is 0.408 e. The molecule has 9 heteroatoms. The van der Waals surface area contributed by atoms with Gasteiger partial charge in [-0.15, -0.1) is 0 Å². The number of pyridine rings is 1. The van der Waals surface area contributed by atoms with E-state index >= 15 is 0 Å². The molecule has 1 N–H and O–H groups in total. The molecule has 0 saturated heterocycles. The first-order valence-corrected chi connectivity index (χ1v) is 12.2. The van der Waals surface area contributed by atoms with Gasteiger partial charge in [0, 0.05) is 11.9 Å². The van der Waals surface area contributed by atoms with Crippen molar-refractivity contribution in [3.8, 4) is 17.1 Å². The zero-order valence-corrected chi connectivity index (χ0v) is 21.2. The molecule has 1 fully saturated rings. The van der Waals surface area contributed by atoms with Crippen LogP contribution in [0.2, 0.25) is 10.4 Å². The second-order valence-corrected chi connectivity index (χ2v) is 10.4. The van der Waals surface area contributed by atoms with Crippen molar-refractivity contribution in [2.24, 2.45) is 0 Å². The lowest BCUT2D eigenvalue weighted by atomic mass is 9.72. The number of nitrogens with zero attached hydrogens (tertiary/aromatic N) is 4. The van der Waals surface area contributed by atoms with Crippen LogP contribution in [0.5, 0.6) is 0 Å². The zero-order valence-electron chi connectivity index (χ0n) is 19.7. The maximum atomic E-state index is 12.5. The third kappa shape index (κ3) is 4.58. The molecule has 180 valence electrons. The van der Waals surface area contributed by atoms with Gasteiger partial charge in [-0.2, -0.15) is 4.98 Å². The van der Waals surface area contributed by atoms with Gasteiger partial charge in [0.15, 0.2) is 5.65 Å². The van der Waals surface area contributed by atoms with Crippen LogP contribution in [0.4, 0.5) is 4.79 Å². The summed E-state index contributed by atoms with van der Waals surface area (Å²) >= 11 is 12.6. The number of alkyl carbamates (subject to hydrolysis) is 1. The molecule has 0 aliphatic heterocycles. The van der Waals surface area contributed by atoms with Crippen molar-refractivity contribution in [1.29, 1.82) is 0 Å². The van der Waals surface area contributed by atoms with Gasteiger partial charge in [0.05, 0.1) is 22.3 Å². The molecule has 1 aliphatic rings. The van der Waals surface area contributed by atoms with Crippen molar-refractivity contribution in [2.75, 3.05) is 0 Å². The minimum Gasteiger partial charge on any atom is -0.444 e. The zero-order chi connectivity index (χ0) is 24.8. The third-order valence-electron chi connectivity index (χ3n) is 6.14. The Kier molecular flexibility index (Phi) is 5.93. The lowest BCUT2D eigenvalue weighted by molar-refractivity contribution is 0.0377. The van der Waals surface area contributed by atoms with E-state index in [4.69, 9.17) is 27.9 Å². The second kappa shape index (κ2) is 8.81. The molecule has 1 aliphatic carbocycles. The van der Waals surface area contributed by atoms with Crippen molar-refractivity contribution in [3.05, 3.63) is 70.7 Å². The van der Waals surface area contributed by atoms with Gasteiger partial charge in [0.25, 0.3) is 0 Å². The van der Waals surface area contributed by atoms with Gasteiger partial charge in [0.1, 0.15) is 10.8 Å². The fraction of sp³-hybridized carbons (Fsp3) is 0.308. The van der Waals surface area contributed by atoms with Gasteiger partial charge >= 0.3 is 6.09 Å². The van der Waals surface area contributed by atoms with E-state index < -0.39 is 17.2 Å². The Labute approximate surface area is 213 Å². The fourth-order valence-corrected chi connectivity index (χ4v) is 4.85. The molecule has 0 spiro atoms. The van der Waals surface area contributed by atoms with Gasteiger partial charge < -0.3 is 10.1 Å². The van der Waals surface area contributed by atoms with E-state index in [2.05, 4.69) is 20.3 Å². The van der Waals surface area contributed by atoms with Gasteiger partial charge in [-0.25, -0.2) is 9.78 Å². The maximum absolute atomic E-state index is 12.5. The highest BCUT2D eigenvalue weighted by atomic mass is 35.5. The number of benzene rings is 1. The van der Waals surface area contributed by atoms with E-state index in [0.29, 0.717) is 11.0 Å². The first-order chi connectivity index (χ1) is 16.7. The molecule has 7 nitrogen and oxygen atoms in total. The van der Waals surface area contributed by atoms with E-state index in [1.165, 1.54) is 0 Å². The molecule has 0 bridgehead atoms. The number of carbonyl (C=O) groups excluding carboxylic acids is 1. The standard InChI is InChI=1S/C26H25Cl2N5O2/c1-25(2,3)35-24(34)32-26(12-6-13-26)16-8-10-17(11-9-16)33-20(19-7-4-5-14-29-19)15-18-21(27)30-23(28)31-22(18)33/h4-5,7-11,14-15H,6,12-13H2,1-3H3,(H,32,34). The monoisotopic (exact) mass is 509 g/mol. The van der Waals surface area contributed by atoms with E-state index in [1.54, 1.807) is 6.20 Å². The minimum absolute atomic E-state index is 0.0704. The Balaban J connectivity index is 1.56. The molecule has 1 aromatic carbocycles. The third-order valence-corrected chi connectivity index (χ3v) is 6.60. The molecule has 4 aromatic rings. The number of rotatable bonds is 4. The predicted octanol–water partition coefficient (Wildman–Crippen LogP) is 6.69. The molecule has 3 aromatic heterocycles. The van der Waals surface area contributed by atoms with Crippen LogP contribution >= 0.6 is 23.2 Å². The molecular weight excluding hydrogens is 485 g/mol. The van der Waals surface area contributed by atoms with Crippen LogP contribution < -0.4 is 5.32 Å². The Hall–Kier alpha value is -3.16. The topological polar surface area (TPSA) is 81.9 Å². The van der Waals surface area contributed by atoms with Crippen molar-refractivity contribution >= 4 is 40.3 Å². The molecular formula is C26H25Cl2N5O2. The van der Waals surface area contributed by atoms with Gasteiger partial charge in [-0.05, 0) is 87.5 Å². The summed E-state index contributed by atoms with van der Waals surface area (Å²) in [4.78, 5) is 25.6. The van der Waals surface area contributed by atoms with Crippen LogP contribution in [-0.4, -0.2) is 31.2 Å². The summed E-state index contributed by atoms with van der Waals surface area (Å²) in [6, 6.07) is 15.7. The molecule has 0 radical (unpaired) electrons. The normalized spacial score (nSPS) is 15.0. The van der Waals surface area contributed by atoms with Crippen LogP contribution in [0.25, 0.3) is 28.1 Å². The predicted molar refractivity (Wildman–Crippen MR) is 137 cm³/mol. The molecule has 0 unspecified atom stereocenters. The van der Waals surface area contributed by atoms with Gasteiger partial charge in [0.2, 0.25) is 5.28 Å². The molecule has 0 atom stereocenters. The number of carbonyl (C=O) groups is 1. The van der Waals surface area contributed by atoms with Gasteiger partial charge in [-0.3, -0.25) is 9.55 Å².